The molecule has 0 saturated heterocycles. The van der Waals surface area contributed by atoms with Crippen molar-refractivity contribution in [2.45, 2.75) is 11.4 Å². The Labute approximate surface area is 129 Å². The summed E-state index contributed by atoms with van der Waals surface area (Å²) in [4.78, 5) is 15.3. The summed E-state index contributed by atoms with van der Waals surface area (Å²) in [5, 5.41) is 11.1. The second kappa shape index (κ2) is 5.98. The van der Waals surface area contributed by atoms with Gasteiger partial charge in [0.1, 0.15) is 19.2 Å². The maximum atomic E-state index is 11.8. The van der Waals surface area contributed by atoms with Crippen molar-refractivity contribution in [3.05, 3.63) is 34.8 Å². The van der Waals surface area contributed by atoms with Gasteiger partial charge in [0, 0.05) is 0 Å². The van der Waals surface area contributed by atoms with Gasteiger partial charge in [-0.2, -0.15) is 5.10 Å². The minimum Gasteiger partial charge on any atom is -0.322 e. The summed E-state index contributed by atoms with van der Waals surface area (Å²) in [5.41, 5.74) is 0.0934. The first-order chi connectivity index (χ1) is 9.77. The number of rotatable bonds is 4. The quantitative estimate of drug-likeness (QED) is 0.848. The first-order valence-corrected chi connectivity index (χ1v) is 7.71. The maximum absolute atomic E-state index is 11.8. The van der Waals surface area contributed by atoms with E-state index in [4.69, 9.17) is 28.3 Å². The molecule has 8 nitrogen and oxygen atoms in total. The Morgan fingerprint density at radius 2 is 1.95 bits per heavy atom. The zero-order chi connectivity index (χ0) is 15.6. The molecular formula is C10H9Cl2N5O3S. The first kappa shape index (κ1) is 15.7. The molecule has 0 aliphatic carbocycles. The van der Waals surface area contributed by atoms with Crippen molar-refractivity contribution in [2.24, 2.45) is 5.14 Å². The van der Waals surface area contributed by atoms with E-state index in [2.05, 4.69) is 15.4 Å². The van der Waals surface area contributed by atoms with Gasteiger partial charge in [0.2, 0.25) is 15.9 Å². The van der Waals surface area contributed by atoms with Crippen molar-refractivity contribution < 1.29 is 13.2 Å². The van der Waals surface area contributed by atoms with Gasteiger partial charge in [0.25, 0.3) is 0 Å². The Bertz CT molecular complexity index is 753. The number of anilines is 1. The summed E-state index contributed by atoms with van der Waals surface area (Å²) >= 11 is 11.8. The average Bonchev–Trinajstić information content (AvgIpc) is 2.85. The molecule has 112 valence electrons. The van der Waals surface area contributed by atoms with Crippen molar-refractivity contribution >= 4 is 44.8 Å². The number of primary sulfonamides is 1. The van der Waals surface area contributed by atoms with Crippen molar-refractivity contribution in [2.75, 3.05) is 5.32 Å². The maximum Gasteiger partial charge on any atom is 0.246 e. The van der Waals surface area contributed by atoms with Crippen LogP contribution in [0.15, 0.2) is 29.7 Å². The summed E-state index contributed by atoms with van der Waals surface area (Å²) in [7, 11) is -3.94. The summed E-state index contributed by atoms with van der Waals surface area (Å²) in [6.07, 6.45) is 2.65. The Balaban J connectivity index is 2.23. The second-order valence-corrected chi connectivity index (χ2v) is 6.32. The highest BCUT2D eigenvalue weighted by molar-refractivity contribution is 7.89. The predicted molar refractivity (Wildman–Crippen MR) is 76.5 cm³/mol. The number of nitrogens with zero attached hydrogens (tertiary/aromatic N) is 3. The van der Waals surface area contributed by atoms with Crippen LogP contribution < -0.4 is 10.5 Å². The van der Waals surface area contributed by atoms with E-state index in [0.29, 0.717) is 0 Å². The number of benzene rings is 1. The summed E-state index contributed by atoms with van der Waals surface area (Å²) in [6, 6.07) is 2.21. The van der Waals surface area contributed by atoms with E-state index in [1.807, 2.05) is 0 Å². The van der Waals surface area contributed by atoms with Gasteiger partial charge >= 0.3 is 0 Å². The van der Waals surface area contributed by atoms with Gasteiger partial charge in [-0.25, -0.2) is 23.2 Å². The van der Waals surface area contributed by atoms with Crippen LogP contribution in [0.2, 0.25) is 10.0 Å². The van der Waals surface area contributed by atoms with Crippen LogP contribution in [-0.2, 0) is 21.4 Å². The van der Waals surface area contributed by atoms with Gasteiger partial charge < -0.3 is 5.32 Å². The molecule has 2 rings (SSSR count). The van der Waals surface area contributed by atoms with E-state index in [9.17, 15) is 13.2 Å². The van der Waals surface area contributed by atoms with Gasteiger partial charge in [-0.3, -0.25) is 4.79 Å². The van der Waals surface area contributed by atoms with Crippen LogP contribution in [0.4, 0.5) is 5.69 Å². The number of hydrogen-bond acceptors (Lipinski definition) is 5. The number of carbonyl (C=O) groups excluding carboxylic acids is 1. The monoisotopic (exact) mass is 349 g/mol. The van der Waals surface area contributed by atoms with Crippen molar-refractivity contribution in [3.63, 3.8) is 0 Å². The van der Waals surface area contributed by atoms with Crippen LogP contribution in [0.25, 0.3) is 0 Å². The third-order valence-corrected chi connectivity index (χ3v) is 3.87. The molecule has 1 aromatic carbocycles. The van der Waals surface area contributed by atoms with Gasteiger partial charge in [-0.1, -0.05) is 23.2 Å². The predicted octanol–water partition coefficient (Wildman–Crippen LogP) is 0.871. The van der Waals surface area contributed by atoms with E-state index in [1.165, 1.54) is 17.3 Å². The van der Waals surface area contributed by atoms with Gasteiger partial charge in [0.05, 0.1) is 20.6 Å². The van der Waals surface area contributed by atoms with E-state index >= 15 is 0 Å². The van der Waals surface area contributed by atoms with E-state index in [0.717, 1.165) is 12.1 Å². The summed E-state index contributed by atoms with van der Waals surface area (Å²) < 4.78 is 23.8. The highest BCUT2D eigenvalue weighted by Gasteiger charge is 2.16. The minimum atomic E-state index is -3.94. The van der Waals surface area contributed by atoms with Crippen molar-refractivity contribution in [1.82, 2.24) is 14.8 Å². The number of hydrogen-bond donors (Lipinski definition) is 2. The average molecular weight is 350 g/mol. The highest BCUT2D eigenvalue weighted by Crippen LogP contribution is 2.33. The normalized spacial score (nSPS) is 11.4. The molecule has 1 aromatic heterocycles. The molecule has 1 heterocycles. The van der Waals surface area contributed by atoms with Crippen LogP contribution >= 0.6 is 23.2 Å². The SMILES string of the molecule is NS(=O)(=O)c1cc(Cl)c(NC(=O)Cn2cncn2)c(Cl)c1. The molecule has 0 fully saturated rings. The first-order valence-electron chi connectivity index (χ1n) is 5.41. The fraction of sp³-hybridized carbons (Fsp3) is 0.100. The molecule has 0 unspecified atom stereocenters. The molecule has 0 aliphatic rings. The number of carbonyl (C=O) groups is 1. The Hall–Kier alpha value is -1.68. The molecule has 0 aliphatic heterocycles. The number of sulfonamides is 1. The molecule has 0 atom stereocenters. The zero-order valence-corrected chi connectivity index (χ0v) is 12.7. The fourth-order valence-electron chi connectivity index (χ4n) is 1.47. The molecule has 0 spiro atoms. The van der Waals surface area contributed by atoms with Crippen molar-refractivity contribution in [3.8, 4) is 0 Å². The molecular weight excluding hydrogens is 341 g/mol. The molecule has 2 aromatic rings. The molecule has 21 heavy (non-hydrogen) atoms. The molecule has 0 saturated carbocycles. The Morgan fingerprint density at radius 3 is 2.43 bits per heavy atom. The second-order valence-electron chi connectivity index (χ2n) is 3.95. The topological polar surface area (TPSA) is 120 Å². The molecule has 11 heteroatoms. The summed E-state index contributed by atoms with van der Waals surface area (Å²) in [5.74, 6) is -0.451. The number of aromatic nitrogens is 3. The number of halogens is 2. The smallest absolute Gasteiger partial charge is 0.246 e. The van der Waals surface area contributed by atoms with Gasteiger partial charge in [-0.05, 0) is 12.1 Å². The number of amides is 1. The lowest BCUT2D eigenvalue weighted by atomic mass is 10.3. The lowest BCUT2D eigenvalue weighted by molar-refractivity contribution is -0.116. The lowest BCUT2D eigenvalue weighted by Gasteiger charge is -2.10. The van der Waals surface area contributed by atoms with Crippen LogP contribution in [0.1, 0.15) is 0 Å². The van der Waals surface area contributed by atoms with Crippen LogP contribution in [0.5, 0.6) is 0 Å². The van der Waals surface area contributed by atoms with Crippen LogP contribution in [0, 0.1) is 0 Å². The molecule has 0 bridgehead atoms. The van der Waals surface area contributed by atoms with E-state index in [-0.39, 0.29) is 27.2 Å². The largest absolute Gasteiger partial charge is 0.322 e. The molecule has 1 amide bonds. The fourth-order valence-corrected chi connectivity index (χ4v) is 2.75. The van der Waals surface area contributed by atoms with E-state index in [1.54, 1.807) is 0 Å². The number of nitrogens with two attached hydrogens (primary N) is 1. The molecule has 0 radical (unpaired) electrons. The lowest BCUT2D eigenvalue weighted by Crippen LogP contribution is -2.20. The zero-order valence-electron chi connectivity index (χ0n) is 10.3. The third kappa shape index (κ3) is 3.91. The Morgan fingerprint density at radius 1 is 1.33 bits per heavy atom. The van der Waals surface area contributed by atoms with E-state index < -0.39 is 15.9 Å². The third-order valence-electron chi connectivity index (χ3n) is 2.38. The standard InChI is InChI=1S/C10H9Cl2N5O3S/c11-7-1-6(21(13,19)20)2-8(12)10(7)16-9(18)3-17-5-14-4-15-17/h1-2,4-5H,3H2,(H,16,18)(H2,13,19,20). The van der Waals surface area contributed by atoms with Gasteiger partial charge in [-0.15, -0.1) is 0 Å². The Kier molecular flexibility index (Phi) is 4.47. The van der Waals surface area contributed by atoms with Gasteiger partial charge in [0.15, 0.2) is 0 Å². The number of nitrogens with one attached hydrogen (secondary N) is 1. The summed E-state index contributed by atoms with van der Waals surface area (Å²) in [6.45, 7) is -0.0937. The van der Waals surface area contributed by atoms with Crippen LogP contribution in [-0.4, -0.2) is 29.1 Å². The minimum absolute atomic E-state index is 0.0431. The van der Waals surface area contributed by atoms with Crippen molar-refractivity contribution in [1.29, 1.82) is 0 Å². The van der Waals surface area contributed by atoms with Crippen LogP contribution in [0.3, 0.4) is 0 Å². The molecule has 3 N–H and O–H groups in total. The highest BCUT2D eigenvalue weighted by atomic mass is 35.5.